The third-order valence-corrected chi connectivity index (χ3v) is 3.94. The lowest BCUT2D eigenvalue weighted by atomic mass is 9.73. The number of nitrogen functional groups attached to an aromatic ring is 1. The van der Waals surface area contributed by atoms with Gasteiger partial charge in [-0.05, 0) is 18.3 Å². The first kappa shape index (κ1) is 13.1. The van der Waals surface area contributed by atoms with E-state index in [-0.39, 0.29) is 0 Å². The predicted octanol–water partition coefficient (Wildman–Crippen LogP) is 3.00. The molecule has 3 N–H and O–H groups in total. The van der Waals surface area contributed by atoms with Gasteiger partial charge < -0.3 is 11.1 Å². The predicted molar refractivity (Wildman–Crippen MR) is 75.5 cm³/mol. The maximum absolute atomic E-state index is 5.82. The van der Waals surface area contributed by atoms with Crippen molar-refractivity contribution in [3.05, 3.63) is 11.9 Å². The Morgan fingerprint density at radius 2 is 2.17 bits per heavy atom. The van der Waals surface area contributed by atoms with Crippen molar-refractivity contribution in [3.8, 4) is 0 Å². The first-order valence-electron chi connectivity index (χ1n) is 6.91. The van der Waals surface area contributed by atoms with Gasteiger partial charge in [0.2, 0.25) is 0 Å². The monoisotopic (exact) mass is 248 g/mol. The molecule has 1 fully saturated rings. The van der Waals surface area contributed by atoms with Gasteiger partial charge in [0.1, 0.15) is 17.5 Å². The van der Waals surface area contributed by atoms with Gasteiger partial charge in [-0.15, -0.1) is 0 Å². The Labute approximate surface area is 109 Å². The third-order valence-electron chi connectivity index (χ3n) is 3.94. The number of anilines is 2. The molecule has 1 aromatic rings. The minimum absolute atomic E-state index is 0.324. The average molecular weight is 248 g/mol. The minimum atomic E-state index is 0.324. The van der Waals surface area contributed by atoms with Gasteiger partial charge in [0.05, 0.1) is 0 Å². The molecule has 0 aliphatic heterocycles. The summed E-state index contributed by atoms with van der Waals surface area (Å²) in [7, 11) is 0. The smallest absolute Gasteiger partial charge is 0.132 e. The van der Waals surface area contributed by atoms with E-state index in [2.05, 4.69) is 29.1 Å². The molecule has 1 saturated carbocycles. The first-order chi connectivity index (χ1) is 8.51. The van der Waals surface area contributed by atoms with Crippen LogP contribution in [0.1, 0.15) is 52.3 Å². The summed E-state index contributed by atoms with van der Waals surface area (Å²) in [5.74, 6) is 2.24. The summed E-state index contributed by atoms with van der Waals surface area (Å²) in [6.45, 7) is 6.70. The van der Waals surface area contributed by atoms with E-state index in [9.17, 15) is 0 Å². The van der Waals surface area contributed by atoms with Crippen LogP contribution in [0.4, 0.5) is 11.6 Å². The Balaban J connectivity index is 2.15. The van der Waals surface area contributed by atoms with Gasteiger partial charge in [-0.1, -0.05) is 33.6 Å². The Bertz CT molecular complexity index is 414. The molecule has 4 heteroatoms. The number of nitrogens with one attached hydrogen (secondary N) is 1. The van der Waals surface area contributed by atoms with Crippen molar-refractivity contribution < 1.29 is 0 Å². The van der Waals surface area contributed by atoms with Crippen LogP contribution in [0.3, 0.4) is 0 Å². The van der Waals surface area contributed by atoms with Crippen LogP contribution in [0.2, 0.25) is 0 Å². The first-order valence-corrected chi connectivity index (χ1v) is 6.91. The second-order valence-electron chi connectivity index (χ2n) is 5.88. The number of hydrogen-bond acceptors (Lipinski definition) is 4. The van der Waals surface area contributed by atoms with Gasteiger partial charge >= 0.3 is 0 Å². The molecule has 18 heavy (non-hydrogen) atoms. The van der Waals surface area contributed by atoms with E-state index < -0.39 is 0 Å². The van der Waals surface area contributed by atoms with Crippen molar-refractivity contribution in [2.45, 2.75) is 58.9 Å². The van der Waals surface area contributed by atoms with Crippen LogP contribution in [0.5, 0.6) is 0 Å². The summed E-state index contributed by atoms with van der Waals surface area (Å²) in [6.07, 6.45) is 5.91. The molecular formula is C14H24N4. The van der Waals surface area contributed by atoms with Crippen LogP contribution in [0.25, 0.3) is 0 Å². The van der Waals surface area contributed by atoms with Crippen molar-refractivity contribution in [2.24, 2.45) is 5.41 Å². The third kappa shape index (κ3) is 2.92. The van der Waals surface area contributed by atoms with E-state index in [1.54, 1.807) is 0 Å². The molecule has 0 saturated heterocycles. The fourth-order valence-electron chi connectivity index (χ4n) is 2.69. The van der Waals surface area contributed by atoms with E-state index in [1.807, 2.05) is 13.0 Å². The topological polar surface area (TPSA) is 63.8 Å². The van der Waals surface area contributed by atoms with Gasteiger partial charge in [0, 0.05) is 18.5 Å². The quantitative estimate of drug-likeness (QED) is 0.863. The molecule has 1 aliphatic rings. The average Bonchev–Trinajstić information content (AvgIpc) is 2.31. The molecule has 0 aromatic carbocycles. The van der Waals surface area contributed by atoms with Crippen molar-refractivity contribution in [1.29, 1.82) is 0 Å². The van der Waals surface area contributed by atoms with Crippen LogP contribution < -0.4 is 11.1 Å². The molecule has 100 valence electrons. The summed E-state index contributed by atoms with van der Waals surface area (Å²) in [5.41, 5.74) is 6.14. The second-order valence-corrected chi connectivity index (χ2v) is 5.88. The highest BCUT2D eigenvalue weighted by molar-refractivity contribution is 5.45. The van der Waals surface area contributed by atoms with Crippen LogP contribution in [0, 0.1) is 5.41 Å². The van der Waals surface area contributed by atoms with Crippen molar-refractivity contribution in [1.82, 2.24) is 9.97 Å². The molecule has 4 nitrogen and oxygen atoms in total. The van der Waals surface area contributed by atoms with Crippen LogP contribution in [-0.4, -0.2) is 16.0 Å². The van der Waals surface area contributed by atoms with E-state index in [4.69, 9.17) is 5.73 Å². The van der Waals surface area contributed by atoms with Gasteiger partial charge in [-0.25, -0.2) is 9.97 Å². The zero-order valence-corrected chi connectivity index (χ0v) is 11.7. The summed E-state index contributed by atoms with van der Waals surface area (Å²) in [4.78, 5) is 8.72. The van der Waals surface area contributed by atoms with E-state index in [0.717, 1.165) is 18.1 Å². The molecular weight excluding hydrogens is 224 g/mol. The van der Waals surface area contributed by atoms with Crippen LogP contribution in [0.15, 0.2) is 6.07 Å². The highest BCUT2D eigenvalue weighted by atomic mass is 15.1. The molecule has 0 amide bonds. The normalized spacial score (nSPS) is 22.7. The number of aromatic nitrogens is 2. The number of rotatable bonds is 3. The number of hydrogen-bond donors (Lipinski definition) is 2. The molecule has 1 unspecified atom stereocenters. The van der Waals surface area contributed by atoms with Gasteiger partial charge in [0.25, 0.3) is 0 Å². The van der Waals surface area contributed by atoms with Gasteiger partial charge in [-0.3, -0.25) is 0 Å². The summed E-state index contributed by atoms with van der Waals surface area (Å²) in [6, 6.07) is 2.31. The Morgan fingerprint density at radius 1 is 1.39 bits per heavy atom. The second kappa shape index (κ2) is 5.12. The molecule has 0 radical (unpaired) electrons. The minimum Gasteiger partial charge on any atom is -0.384 e. The Hall–Kier alpha value is -1.32. The fraction of sp³-hybridized carbons (Fsp3) is 0.714. The summed E-state index contributed by atoms with van der Waals surface area (Å²) in [5, 5.41) is 3.56. The van der Waals surface area contributed by atoms with E-state index in [1.165, 1.54) is 25.7 Å². The van der Waals surface area contributed by atoms with Crippen LogP contribution >= 0.6 is 0 Å². The zero-order valence-electron chi connectivity index (χ0n) is 11.7. The van der Waals surface area contributed by atoms with E-state index >= 15 is 0 Å². The molecule has 0 spiro atoms. The molecule has 0 bridgehead atoms. The fourth-order valence-corrected chi connectivity index (χ4v) is 2.69. The van der Waals surface area contributed by atoms with Crippen LogP contribution in [-0.2, 0) is 6.42 Å². The highest BCUT2D eigenvalue weighted by Gasteiger charge is 2.32. The van der Waals surface area contributed by atoms with Crippen molar-refractivity contribution in [2.75, 3.05) is 11.1 Å². The largest absolute Gasteiger partial charge is 0.384 e. The van der Waals surface area contributed by atoms with Crippen molar-refractivity contribution in [3.63, 3.8) is 0 Å². The number of nitrogens with zero attached hydrogens (tertiary/aromatic N) is 2. The maximum atomic E-state index is 5.82. The molecule has 2 rings (SSSR count). The lowest BCUT2D eigenvalue weighted by Gasteiger charge is -2.39. The number of nitrogens with two attached hydrogens (primary N) is 1. The van der Waals surface area contributed by atoms with Gasteiger partial charge in [-0.2, -0.15) is 0 Å². The maximum Gasteiger partial charge on any atom is 0.132 e. The van der Waals surface area contributed by atoms with Gasteiger partial charge in [0.15, 0.2) is 0 Å². The molecule has 1 heterocycles. The SMILES string of the molecule is CCc1nc(N)cc(NC2CCCCC2(C)C)n1. The molecule has 1 atom stereocenters. The lowest BCUT2D eigenvalue weighted by molar-refractivity contribution is 0.216. The Kier molecular flexibility index (Phi) is 3.73. The van der Waals surface area contributed by atoms with Crippen molar-refractivity contribution >= 4 is 11.6 Å². The summed E-state index contributed by atoms with van der Waals surface area (Å²) >= 11 is 0. The standard InChI is InChI=1S/C14H24N4/c1-4-12-17-11(15)9-13(18-12)16-10-7-5-6-8-14(10,2)3/h9-10H,4-8H2,1-3H3,(H3,15,16,17,18). The Morgan fingerprint density at radius 3 is 2.83 bits per heavy atom. The molecule has 1 aliphatic carbocycles. The molecule has 1 aromatic heterocycles. The summed E-state index contributed by atoms with van der Waals surface area (Å²) < 4.78 is 0. The van der Waals surface area contributed by atoms with E-state index in [0.29, 0.717) is 17.3 Å². The number of aryl methyl sites for hydroxylation is 1. The highest BCUT2D eigenvalue weighted by Crippen LogP contribution is 2.37. The lowest BCUT2D eigenvalue weighted by Crippen LogP contribution is -2.39. The zero-order chi connectivity index (χ0) is 13.2.